The molecule has 2 aliphatic heterocycles. The maximum atomic E-state index is 12.8. The van der Waals surface area contributed by atoms with Crippen LogP contribution in [-0.2, 0) is 9.53 Å². The first-order valence-electron chi connectivity index (χ1n) is 9.43. The van der Waals surface area contributed by atoms with Gasteiger partial charge in [0.05, 0.1) is 19.8 Å². The Hall–Kier alpha value is -2.45. The summed E-state index contributed by atoms with van der Waals surface area (Å²) in [6, 6.07) is 3.95. The Bertz CT molecular complexity index is 835. The van der Waals surface area contributed by atoms with Crippen molar-refractivity contribution >= 4 is 17.5 Å². The van der Waals surface area contributed by atoms with Crippen LogP contribution in [0.15, 0.2) is 24.5 Å². The summed E-state index contributed by atoms with van der Waals surface area (Å²) >= 11 is 0. The van der Waals surface area contributed by atoms with Crippen LogP contribution in [-0.4, -0.2) is 94.9 Å². The quantitative estimate of drug-likeness (QED) is 0.774. The van der Waals surface area contributed by atoms with E-state index in [4.69, 9.17) is 4.74 Å². The van der Waals surface area contributed by atoms with Gasteiger partial charge in [-0.25, -0.2) is 4.98 Å². The zero-order chi connectivity index (χ0) is 18.8. The third-order valence-electron chi connectivity index (χ3n) is 5.22. The normalized spacial score (nSPS) is 18.9. The lowest BCUT2D eigenvalue weighted by atomic mass is 10.2. The molecule has 0 saturated carbocycles. The van der Waals surface area contributed by atoms with Crippen LogP contribution in [0.25, 0.3) is 5.65 Å². The fraction of sp³-hybridized carbons (Fsp3) is 0.526. The average molecular weight is 371 g/mol. The molecule has 4 rings (SSSR count). The highest BCUT2D eigenvalue weighted by Crippen LogP contribution is 2.12. The molecular formula is C19H25N5O3. The maximum Gasteiger partial charge on any atom is 0.274 e. The van der Waals surface area contributed by atoms with Crippen molar-refractivity contribution in [3.05, 3.63) is 35.8 Å². The van der Waals surface area contributed by atoms with Crippen molar-refractivity contribution in [1.82, 2.24) is 24.1 Å². The molecule has 8 nitrogen and oxygen atoms in total. The second-order valence-electron chi connectivity index (χ2n) is 7.16. The van der Waals surface area contributed by atoms with E-state index in [1.54, 1.807) is 11.1 Å². The third kappa shape index (κ3) is 3.96. The Kier molecular flexibility index (Phi) is 5.09. The molecule has 0 atom stereocenters. The van der Waals surface area contributed by atoms with E-state index in [1.165, 1.54) is 0 Å². The van der Waals surface area contributed by atoms with E-state index in [2.05, 4.69) is 9.88 Å². The third-order valence-corrected chi connectivity index (χ3v) is 5.22. The minimum Gasteiger partial charge on any atom is -0.379 e. The Labute approximate surface area is 158 Å². The van der Waals surface area contributed by atoms with Crippen molar-refractivity contribution in [3.8, 4) is 0 Å². The van der Waals surface area contributed by atoms with Crippen LogP contribution in [0.3, 0.4) is 0 Å². The van der Waals surface area contributed by atoms with E-state index in [-0.39, 0.29) is 11.8 Å². The van der Waals surface area contributed by atoms with Crippen LogP contribution < -0.4 is 0 Å². The van der Waals surface area contributed by atoms with Crippen molar-refractivity contribution in [2.24, 2.45) is 0 Å². The number of rotatable bonds is 3. The van der Waals surface area contributed by atoms with E-state index >= 15 is 0 Å². The minimum atomic E-state index is -0.0726. The summed E-state index contributed by atoms with van der Waals surface area (Å²) in [6.45, 7) is 7.65. The summed E-state index contributed by atoms with van der Waals surface area (Å²) in [4.78, 5) is 35.5. The number of pyridine rings is 1. The Morgan fingerprint density at radius 3 is 2.52 bits per heavy atom. The monoisotopic (exact) mass is 371 g/mol. The average Bonchev–Trinajstić information content (AvgIpc) is 3.11. The lowest BCUT2D eigenvalue weighted by Gasteiger charge is -2.36. The van der Waals surface area contributed by atoms with Gasteiger partial charge in [-0.2, -0.15) is 0 Å². The van der Waals surface area contributed by atoms with E-state index in [1.807, 2.05) is 34.6 Å². The zero-order valence-corrected chi connectivity index (χ0v) is 15.6. The van der Waals surface area contributed by atoms with Gasteiger partial charge in [0.1, 0.15) is 11.3 Å². The first-order chi connectivity index (χ1) is 13.1. The highest BCUT2D eigenvalue weighted by molar-refractivity contribution is 5.93. The predicted molar refractivity (Wildman–Crippen MR) is 99.7 cm³/mol. The molecule has 0 aliphatic carbocycles. The smallest absolute Gasteiger partial charge is 0.274 e. The second-order valence-corrected chi connectivity index (χ2v) is 7.16. The van der Waals surface area contributed by atoms with Crippen molar-refractivity contribution in [2.45, 2.75) is 6.92 Å². The number of amides is 2. The minimum absolute atomic E-state index is 0.0726. The van der Waals surface area contributed by atoms with Gasteiger partial charge >= 0.3 is 0 Å². The molecule has 2 fully saturated rings. The van der Waals surface area contributed by atoms with Gasteiger partial charge < -0.3 is 18.9 Å². The number of imidazole rings is 1. The molecule has 0 unspecified atom stereocenters. The molecule has 2 aliphatic rings. The highest BCUT2D eigenvalue weighted by Gasteiger charge is 2.27. The van der Waals surface area contributed by atoms with Gasteiger partial charge in [-0.15, -0.1) is 0 Å². The van der Waals surface area contributed by atoms with Crippen LogP contribution in [0.5, 0.6) is 0 Å². The van der Waals surface area contributed by atoms with E-state index in [0.29, 0.717) is 51.6 Å². The first-order valence-corrected chi connectivity index (χ1v) is 9.43. The van der Waals surface area contributed by atoms with Gasteiger partial charge in [0.2, 0.25) is 5.91 Å². The van der Waals surface area contributed by atoms with Crippen LogP contribution in [0, 0.1) is 6.92 Å². The number of aryl methyl sites for hydroxylation is 1. The number of carbonyl (C=O) groups excluding carboxylic acids is 2. The van der Waals surface area contributed by atoms with Gasteiger partial charge in [0.25, 0.3) is 5.91 Å². The van der Waals surface area contributed by atoms with Crippen LogP contribution in [0.1, 0.15) is 16.1 Å². The topological polar surface area (TPSA) is 70.4 Å². The number of piperazine rings is 1. The lowest BCUT2D eigenvalue weighted by Crippen LogP contribution is -2.53. The number of hydrogen-bond acceptors (Lipinski definition) is 5. The fourth-order valence-corrected chi connectivity index (χ4v) is 3.56. The molecule has 4 heterocycles. The van der Waals surface area contributed by atoms with Crippen LogP contribution >= 0.6 is 0 Å². The second kappa shape index (κ2) is 7.66. The fourth-order valence-electron chi connectivity index (χ4n) is 3.56. The Balaban J connectivity index is 1.33. The van der Waals surface area contributed by atoms with Crippen molar-refractivity contribution in [3.63, 3.8) is 0 Å². The SMILES string of the molecule is Cc1ccn2cc(C(=O)N3CCN(C(=O)CN4CCOCC4)CC3)nc2c1. The molecule has 0 bridgehead atoms. The molecule has 2 aromatic heterocycles. The largest absolute Gasteiger partial charge is 0.379 e. The van der Waals surface area contributed by atoms with Gasteiger partial charge in [-0.05, 0) is 24.6 Å². The molecule has 144 valence electrons. The van der Waals surface area contributed by atoms with E-state index in [9.17, 15) is 9.59 Å². The summed E-state index contributed by atoms with van der Waals surface area (Å²) in [5, 5.41) is 0. The van der Waals surface area contributed by atoms with Gasteiger partial charge in [-0.3, -0.25) is 14.5 Å². The summed E-state index contributed by atoms with van der Waals surface area (Å²) in [5.74, 6) is 0.0591. The highest BCUT2D eigenvalue weighted by atomic mass is 16.5. The first kappa shape index (κ1) is 17.9. The lowest BCUT2D eigenvalue weighted by molar-refractivity contribution is -0.134. The van der Waals surface area contributed by atoms with Gasteiger partial charge in [0.15, 0.2) is 0 Å². The van der Waals surface area contributed by atoms with Crippen molar-refractivity contribution in [1.29, 1.82) is 0 Å². The number of fused-ring (bicyclic) bond motifs is 1. The van der Waals surface area contributed by atoms with Crippen molar-refractivity contribution < 1.29 is 14.3 Å². The summed E-state index contributed by atoms with van der Waals surface area (Å²) < 4.78 is 7.18. The molecule has 0 aromatic carbocycles. The van der Waals surface area contributed by atoms with Crippen LogP contribution in [0.4, 0.5) is 0 Å². The Morgan fingerprint density at radius 1 is 1.07 bits per heavy atom. The zero-order valence-electron chi connectivity index (χ0n) is 15.6. The predicted octanol–water partition coefficient (Wildman–Crippen LogP) is 0.259. The number of hydrogen-bond donors (Lipinski definition) is 0. The van der Waals surface area contributed by atoms with Gasteiger partial charge in [0, 0.05) is 51.7 Å². The Morgan fingerprint density at radius 2 is 1.78 bits per heavy atom. The molecular weight excluding hydrogens is 346 g/mol. The summed E-state index contributed by atoms with van der Waals surface area (Å²) in [6.07, 6.45) is 3.68. The van der Waals surface area contributed by atoms with Crippen LogP contribution in [0.2, 0.25) is 0 Å². The van der Waals surface area contributed by atoms with Crippen molar-refractivity contribution in [2.75, 3.05) is 59.0 Å². The molecule has 0 radical (unpaired) electrons. The number of ether oxygens (including phenoxy) is 1. The molecule has 0 N–H and O–H groups in total. The maximum absolute atomic E-state index is 12.8. The molecule has 2 amide bonds. The molecule has 2 aromatic rings. The van der Waals surface area contributed by atoms with E-state index in [0.717, 1.165) is 24.3 Å². The van der Waals surface area contributed by atoms with Gasteiger partial charge in [-0.1, -0.05) is 0 Å². The number of nitrogens with zero attached hydrogens (tertiary/aromatic N) is 5. The summed E-state index contributed by atoms with van der Waals surface area (Å²) in [5.41, 5.74) is 2.34. The number of morpholine rings is 1. The summed E-state index contributed by atoms with van der Waals surface area (Å²) in [7, 11) is 0. The molecule has 0 spiro atoms. The standard InChI is InChI=1S/C19H25N5O3/c1-15-2-3-24-13-16(20-17(24)12-15)19(26)23-6-4-22(5-7-23)18(25)14-21-8-10-27-11-9-21/h2-3,12-13H,4-11,14H2,1H3. The molecule has 27 heavy (non-hydrogen) atoms. The number of aromatic nitrogens is 2. The molecule has 2 saturated heterocycles. The van der Waals surface area contributed by atoms with E-state index < -0.39 is 0 Å². The molecule has 8 heteroatoms. The number of carbonyl (C=O) groups is 2.